The highest BCUT2D eigenvalue weighted by atomic mass is 16.8. The maximum absolute atomic E-state index is 11.2. The molecule has 1 aliphatic carbocycles. The van der Waals surface area contributed by atoms with Crippen molar-refractivity contribution in [2.75, 3.05) is 19.6 Å². The van der Waals surface area contributed by atoms with Gasteiger partial charge in [0.2, 0.25) is 0 Å². The molecule has 0 amide bonds. The molecule has 100 valence electrons. The first-order valence-electron chi connectivity index (χ1n) is 7.23. The SMILES string of the molecule is CC1CC[NH+](CC2CCCCC2[NH+]([O-])O)CC1. The van der Waals surface area contributed by atoms with Gasteiger partial charge >= 0.3 is 0 Å². The largest absolute Gasteiger partial charge is 0.600 e. The lowest BCUT2D eigenvalue weighted by Gasteiger charge is -2.37. The van der Waals surface area contributed by atoms with E-state index in [4.69, 9.17) is 0 Å². The molecule has 2 rings (SSSR count). The molecule has 3 atom stereocenters. The Bertz CT molecular complexity index is 227. The van der Waals surface area contributed by atoms with Crippen LogP contribution < -0.4 is 10.1 Å². The third kappa shape index (κ3) is 3.65. The summed E-state index contributed by atoms with van der Waals surface area (Å²) in [7, 11) is 0. The van der Waals surface area contributed by atoms with Gasteiger partial charge in [-0.3, -0.25) is 0 Å². The minimum atomic E-state index is -0.556. The predicted octanol–water partition coefficient (Wildman–Crippen LogP) is -0.368. The molecule has 1 aliphatic heterocycles. The molecule has 4 heteroatoms. The van der Waals surface area contributed by atoms with Crippen LogP contribution >= 0.6 is 0 Å². The number of nitrogens with one attached hydrogen (secondary N) is 2. The lowest BCUT2D eigenvalue weighted by Crippen LogP contribution is -3.16. The molecule has 0 aromatic heterocycles. The molecule has 0 aromatic carbocycles. The van der Waals surface area contributed by atoms with Gasteiger partial charge in [-0.1, -0.05) is 13.3 Å². The Morgan fingerprint density at radius 2 is 1.82 bits per heavy atom. The van der Waals surface area contributed by atoms with Gasteiger partial charge in [-0.05, 0) is 31.6 Å². The van der Waals surface area contributed by atoms with E-state index in [1.54, 1.807) is 4.90 Å². The first-order valence-corrected chi connectivity index (χ1v) is 7.23. The second-order valence-corrected chi connectivity index (χ2v) is 6.13. The fraction of sp³-hybridized carbons (Fsp3) is 1.00. The van der Waals surface area contributed by atoms with Crippen molar-refractivity contribution in [3.8, 4) is 0 Å². The Kier molecular flexibility index (Phi) is 4.79. The quantitative estimate of drug-likeness (QED) is 0.593. The Hall–Kier alpha value is -0.160. The summed E-state index contributed by atoms with van der Waals surface area (Å²) >= 11 is 0. The molecule has 0 bridgehead atoms. The number of hydroxylamine groups is 2. The van der Waals surface area contributed by atoms with E-state index in [0.29, 0.717) is 5.92 Å². The zero-order valence-electron chi connectivity index (χ0n) is 11.0. The predicted molar refractivity (Wildman–Crippen MR) is 65.8 cm³/mol. The van der Waals surface area contributed by atoms with Crippen LogP contribution in [0.5, 0.6) is 0 Å². The highest BCUT2D eigenvalue weighted by Crippen LogP contribution is 2.21. The molecule has 1 heterocycles. The molecule has 0 aromatic rings. The van der Waals surface area contributed by atoms with Crippen molar-refractivity contribution in [3.63, 3.8) is 0 Å². The summed E-state index contributed by atoms with van der Waals surface area (Å²) in [6.45, 7) is 5.94. The van der Waals surface area contributed by atoms with Crippen LogP contribution in [0.25, 0.3) is 0 Å². The second-order valence-electron chi connectivity index (χ2n) is 6.13. The maximum atomic E-state index is 11.2. The average Bonchev–Trinajstić information content (AvgIpc) is 2.32. The van der Waals surface area contributed by atoms with Crippen molar-refractivity contribution < 1.29 is 15.3 Å². The van der Waals surface area contributed by atoms with E-state index in [9.17, 15) is 10.4 Å². The zero-order valence-corrected chi connectivity index (χ0v) is 11.0. The standard InChI is InChI=1S/C13H26N2O2/c1-11-6-8-14(9-7-11)10-12-4-2-3-5-13(12)15(16)17/h11-13,15-16H,2-10H2,1H3/p+1. The molecule has 3 unspecified atom stereocenters. The van der Waals surface area contributed by atoms with E-state index in [1.165, 1.54) is 32.4 Å². The third-order valence-corrected chi connectivity index (χ3v) is 4.76. The lowest BCUT2D eigenvalue weighted by molar-refractivity contribution is -1.07. The van der Waals surface area contributed by atoms with E-state index in [0.717, 1.165) is 31.7 Å². The number of quaternary nitrogens is 2. The molecule has 1 saturated carbocycles. The van der Waals surface area contributed by atoms with Gasteiger partial charge in [0.15, 0.2) is 0 Å². The van der Waals surface area contributed by atoms with Gasteiger partial charge < -0.3 is 10.1 Å². The van der Waals surface area contributed by atoms with Crippen LogP contribution in [-0.4, -0.2) is 30.9 Å². The van der Waals surface area contributed by atoms with Crippen molar-refractivity contribution >= 4 is 0 Å². The van der Waals surface area contributed by atoms with Crippen LogP contribution in [0.3, 0.4) is 0 Å². The highest BCUT2D eigenvalue weighted by Gasteiger charge is 2.34. The van der Waals surface area contributed by atoms with Crippen molar-refractivity contribution in [2.24, 2.45) is 11.8 Å². The molecule has 17 heavy (non-hydrogen) atoms. The summed E-state index contributed by atoms with van der Waals surface area (Å²) in [4.78, 5) is 1.65. The maximum Gasteiger partial charge on any atom is 0.125 e. The van der Waals surface area contributed by atoms with E-state index in [1.807, 2.05) is 0 Å². The number of hydrogen-bond donors (Lipinski definition) is 3. The summed E-state index contributed by atoms with van der Waals surface area (Å²) in [5.74, 6) is 1.31. The molecule has 3 N–H and O–H groups in total. The second kappa shape index (κ2) is 6.14. The average molecular weight is 243 g/mol. The van der Waals surface area contributed by atoms with Gasteiger partial charge in [0.05, 0.1) is 25.6 Å². The first kappa shape index (κ1) is 13.3. The van der Waals surface area contributed by atoms with Gasteiger partial charge in [-0.15, -0.1) is 0 Å². The fourth-order valence-corrected chi connectivity index (χ4v) is 3.52. The molecule has 2 fully saturated rings. The molecule has 0 radical (unpaired) electrons. The number of likely N-dealkylation sites (tertiary alicyclic amines) is 1. The molecular formula is C13H27N2O2+. The first-order chi connectivity index (χ1) is 8.16. The summed E-state index contributed by atoms with van der Waals surface area (Å²) in [5, 5.41) is 20.0. The van der Waals surface area contributed by atoms with Crippen molar-refractivity contribution in [1.82, 2.24) is 0 Å². The normalized spacial score (nSPS) is 41.1. The summed E-state index contributed by atoms with van der Waals surface area (Å²) < 4.78 is 0. The highest BCUT2D eigenvalue weighted by molar-refractivity contribution is 4.74. The fourth-order valence-electron chi connectivity index (χ4n) is 3.52. The summed E-state index contributed by atoms with van der Waals surface area (Å²) in [5.41, 5.74) is 0. The Morgan fingerprint density at radius 1 is 1.18 bits per heavy atom. The molecule has 0 spiro atoms. The number of rotatable bonds is 3. The molecule has 4 nitrogen and oxygen atoms in total. The minimum absolute atomic E-state index is 0.0596. The van der Waals surface area contributed by atoms with Gasteiger partial charge in [0.25, 0.3) is 0 Å². The topological polar surface area (TPSA) is 52.2 Å². The van der Waals surface area contributed by atoms with Gasteiger partial charge in [-0.25, -0.2) is 10.4 Å². The van der Waals surface area contributed by atoms with Crippen molar-refractivity contribution in [1.29, 1.82) is 0 Å². The van der Waals surface area contributed by atoms with Crippen molar-refractivity contribution in [3.05, 3.63) is 5.21 Å². The minimum Gasteiger partial charge on any atom is -0.600 e. The Labute approximate surface area is 104 Å². The third-order valence-electron chi connectivity index (χ3n) is 4.76. The van der Waals surface area contributed by atoms with Crippen LogP contribution in [0.1, 0.15) is 45.4 Å². The van der Waals surface area contributed by atoms with E-state index in [-0.39, 0.29) is 6.04 Å². The Balaban J connectivity index is 1.83. The van der Waals surface area contributed by atoms with Crippen LogP contribution in [-0.2, 0) is 0 Å². The van der Waals surface area contributed by atoms with E-state index < -0.39 is 5.23 Å². The molecule has 1 saturated heterocycles. The smallest absolute Gasteiger partial charge is 0.125 e. The zero-order chi connectivity index (χ0) is 12.3. The Morgan fingerprint density at radius 3 is 2.47 bits per heavy atom. The van der Waals surface area contributed by atoms with E-state index in [2.05, 4.69) is 6.92 Å². The monoisotopic (exact) mass is 243 g/mol. The van der Waals surface area contributed by atoms with Gasteiger partial charge in [0.1, 0.15) is 6.04 Å². The van der Waals surface area contributed by atoms with Crippen molar-refractivity contribution in [2.45, 2.75) is 51.5 Å². The lowest BCUT2D eigenvalue weighted by atomic mass is 9.84. The van der Waals surface area contributed by atoms with Gasteiger partial charge in [-0.2, -0.15) is 0 Å². The molecular weight excluding hydrogens is 216 g/mol. The van der Waals surface area contributed by atoms with Crippen LogP contribution in [0.4, 0.5) is 0 Å². The number of hydrogen-bond acceptors (Lipinski definition) is 2. The van der Waals surface area contributed by atoms with Gasteiger partial charge in [0, 0.05) is 6.42 Å². The summed E-state index contributed by atoms with van der Waals surface area (Å²) in [6.07, 6.45) is 7.03. The number of piperidine rings is 1. The molecule has 2 aliphatic rings. The van der Waals surface area contributed by atoms with Crippen LogP contribution in [0, 0.1) is 17.0 Å². The van der Waals surface area contributed by atoms with Crippen LogP contribution in [0.2, 0.25) is 0 Å². The van der Waals surface area contributed by atoms with E-state index >= 15 is 0 Å². The van der Waals surface area contributed by atoms with Crippen LogP contribution in [0.15, 0.2) is 0 Å². The summed E-state index contributed by atoms with van der Waals surface area (Å²) in [6, 6.07) is -0.0596.